The van der Waals surface area contributed by atoms with Gasteiger partial charge in [-0.05, 0) is 13.8 Å². The summed E-state index contributed by atoms with van der Waals surface area (Å²) in [6.45, 7) is 4.04. The molecule has 0 amide bonds. The number of nitrogens with zero attached hydrogens (tertiary/aromatic N) is 3. The minimum absolute atomic E-state index is 0.0699. The maximum absolute atomic E-state index is 12.0. The predicted octanol–water partition coefficient (Wildman–Crippen LogP) is 2.28. The van der Waals surface area contributed by atoms with Crippen molar-refractivity contribution in [2.24, 2.45) is 0 Å². The third kappa shape index (κ3) is 2.58. The number of carbonyl (C=O) groups excluding carboxylic acids is 1. The van der Waals surface area contributed by atoms with Crippen molar-refractivity contribution in [2.45, 2.75) is 26.3 Å². The molecule has 0 saturated heterocycles. The van der Waals surface area contributed by atoms with Crippen molar-refractivity contribution >= 4 is 5.78 Å². The fraction of sp³-hybridized carbons (Fsp3) is 0.308. The lowest BCUT2D eigenvalue weighted by Gasteiger charge is -2.08. The van der Waals surface area contributed by atoms with Gasteiger partial charge in [0.2, 0.25) is 0 Å². The smallest absolute Gasteiger partial charge is 0.170 e. The van der Waals surface area contributed by atoms with Crippen LogP contribution in [-0.4, -0.2) is 20.5 Å². The van der Waals surface area contributed by atoms with Crippen molar-refractivity contribution < 1.29 is 4.79 Å². The number of carbonyl (C=O) groups is 1. The van der Waals surface area contributed by atoms with Crippen LogP contribution in [0.2, 0.25) is 0 Å². The summed E-state index contributed by atoms with van der Waals surface area (Å²) in [5, 5.41) is 4.12. The van der Waals surface area contributed by atoms with Gasteiger partial charge in [-0.25, -0.2) is 9.67 Å². The number of hydrogen-bond acceptors (Lipinski definition) is 3. The Bertz CT molecular complexity index is 502. The molecule has 0 bridgehead atoms. The third-order valence-corrected chi connectivity index (χ3v) is 2.55. The lowest BCUT2D eigenvalue weighted by atomic mass is 10.1. The lowest BCUT2D eigenvalue weighted by Crippen LogP contribution is -2.13. The Morgan fingerprint density at radius 1 is 1.29 bits per heavy atom. The van der Waals surface area contributed by atoms with Gasteiger partial charge in [-0.1, -0.05) is 30.3 Å². The molecule has 0 saturated carbocycles. The molecule has 0 N–H and O–H groups in total. The average Bonchev–Trinajstić information content (AvgIpc) is 2.78. The molecule has 4 nitrogen and oxygen atoms in total. The van der Waals surface area contributed by atoms with Crippen LogP contribution in [-0.2, 0) is 6.42 Å². The standard InChI is InChI=1S/C13H15N3O/c1-10(2)16-13(14-9-15-16)8-12(17)11-6-4-3-5-7-11/h3-7,9-10H,8H2,1-2H3. The van der Waals surface area contributed by atoms with Crippen molar-refractivity contribution in [3.8, 4) is 0 Å². The van der Waals surface area contributed by atoms with Gasteiger partial charge in [-0.3, -0.25) is 4.79 Å². The summed E-state index contributed by atoms with van der Waals surface area (Å²) >= 11 is 0. The van der Waals surface area contributed by atoms with Crippen LogP contribution in [0, 0.1) is 0 Å². The minimum atomic E-state index is 0.0699. The molecule has 1 aromatic carbocycles. The second-order valence-corrected chi connectivity index (χ2v) is 4.18. The highest BCUT2D eigenvalue weighted by atomic mass is 16.1. The van der Waals surface area contributed by atoms with Crippen LogP contribution in [0.4, 0.5) is 0 Å². The van der Waals surface area contributed by atoms with E-state index in [1.165, 1.54) is 6.33 Å². The molecule has 1 aromatic heterocycles. The van der Waals surface area contributed by atoms with Crippen LogP contribution >= 0.6 is 0 Å². The molecule has 0 aliphatic heterocycles. The Morgan fingerprint density at radius 3 is 2.65 bits per heavy atom. The van der Waals surface area contributed by atoms with Gasteiger partial charge >= 0.3 is 0 Å². The van der Waals surface area contributed by atoms with E-state index in [-0.39, 0.29) is 11.8 Å². The molecule has 0 atom stereocenters. The zero-order chi connectivity index (χ0) is 12.3. The molecule has 0 aliphatic carbocycles. The van der Waals surface area contributed by atoms with E-state index in [9.17, 15) is 4.79 Å². The van der Waals surface area contributed by atoms with Gasteiger partial charge in [0, 0.05) is 11.6 Å². The highest BCUT2D eigenvalue weighted by Gasteiger charge is 2.13. The zero-order valence-corrected chi connectivity index (χ0v) is 10.00. The SMILES string of the molecule is CC(C)n1ncnc1CC(=O)c1ccccc1. The molecule has 0 radical (unpaired) electrons. The van der Waals surface area contributed by atoms with E-state index in [0.717, 1.165) is 0 Å². The highest BCUT2D eigenvalue weighted by Crippen LogP contribution is 2.09. The van der Waals surface area contributed by atoms with Gasteiger partial charge in [0.05, 0.1) is 6.42 Å². The summed E-state index contributed by atoms with van der Waals surface area (Å²) in [4.78, 5) is 16.1. The highest BCUT2D eigenvalue weighted by molar-refractivity contribution is 5.97. The molecular weight excluding hydrogens is 214 g/mol. The number of Topliss-reactive ketones (excluding diaryl/α,β-unsaturated/α-hetero) is 1. The molecular formula is C13H15N3O. The third-order valence-electron chi connectivity index (χ3n) is 2.55. The summed E-state index contributed by atoms with van der Waals surface area (Å²) in [5.74, 6) is 0.786. The summed E-state index contributed by atoms with van der Waals surface area (Å²) in [6.07, 6.45) is 1.79. The Hall–Kier alpha value is -1.97. The first-order valence-electron chi connectivity index (χ1n) is 5.65. The molecule has 0 unspecified atom stereocenters. The second-order valence-electron chi connectivity index (χ2n) is 4.18. The minimum Gasteiger partial charge on any atom is -0.294 e. The second kappa shape index (κ2) is 4.91. The van der Waals surface area contributed by atoms with Crippen molar-refractivity contribution in [1.29, 1.82) is 0 Å². The van der Waals surface area contributed by atoms with Crippen LogP contribution < -0.4 is 0 Å². The van der Waals surface area contributed by atoms with E-state index >= 15 is 0 Å². The normalized spacial score (nSPS) is 10.8. The van der Waals surface area contributed by atoms with Crippen LogP contribution in [0.3, 0.4) is 0 Å². The van der Waals surface area contributed by atoms with E-state index in [1.54, 1.807) is 4.68 Å². The maximum atomic E-state index is 12.0. The molecule has 0 aliphatic rings. The number of hydrogen-bond donors (Lipinski definition) is 0. The molecule has 1 heterocycles. The van der Waals surface area contributed by atoms with Gasteiger partial charge in [-0.2, -0.15) is 5.10 Å². The first-order valence-corrected chi connectivity index (χ1v) is 5.65. The van der Waals surface area contributed by atoms with Crippen molar-refractivity contribution in [1.82, 2.24) is 14.8 Å². The first kappa shape index (κ1) is 11.5. The molecule has 4 heteroatoms. The van der Waals surface area contributed by atoms with Gasteiger partial charge in [0.1, 0.15) is 12.2 Å². The summed E-state index contributed by atoms with van der Waals surface area (Å²) in [6, 6.07) is 9.47. The summed E-state index contributed by atoms with van der Waals surface area (Å²) in [5.41, 5.74) is 0.714. The Kier molecular flexibility index (Phi) is 3.32. The van der Waals surface area contributed by atoms with E-state index in [4.69, 9.17) is 0 Å². The van der Waals surface area contributed by atoms with Crippen molar-refractivity contribution in [3.63, 3.8) is 0 Å². The van der Waals surface area contributed by atoms with Gasteiger partial charge in [0.15, 0.2) is 5.78 Å². The lowest BCUT2D eigenvalue weighted by molar-refractivity contribution is 0.0989. The number of aromatic nitrogens is 3. The molecule has 88 valence electrons. The van der Waals surface area contributed by atoms with E-state index in [2.05, 4.69) is 10.1 Å². The summed E-state index contributed by atoms with van der Waals surface area (Å²) in [7, 11) is 0. The molecule has 0 fully saturated rings. The largest absolute Gasteiger partial charge is 0.294 e. The van der Waals surface area contributed by atoms with Crippen LogP contribution in [0.5, 0.6) is 0 Å². The summed E-state index contributed by atoms with van der Waals surface area (Å²) < 4.78 is 1.78. The van der Waals surface area contributed by atoms with E-state index in [1.807, 2.05) is 44.2 Å². The van der Waals surface area contributed by atoms with E-state index < -0.39 is 0 Å². The average molecular weight is 229 g/mol. The molecule has 2 rings (SSSR count). The van der Waals surface area contributed by atoms with Crippen molar-refractivity contribution in [2.75, 3.05) is 0 Å². The maximum Gasteiger partial charge on any atom is 0.170 e. The van der Waals surface area contributed by atoms with Gasteiger partial charge in [-0.15, -0.1) is 0 Å². The fourth-order valence-electron chi connectivity index (χ4n) is 1.70. The number of rotatable bonds is 4. The van der Waals surface area contributed by atoms with E-state index in [0.29, 0.717) is 17.8 Å². The fourth-order valence-corrected chi connectivity index (χ4v) is 1.70. The Labute approximate surface area is 100 Å². The number of benzene rings is 1. The predicted molar refractivity (Wildman–Crippen MR) is 64.9 cm³/mol. The Balaban J connectivity index is 2.16. The quantitative estimate of drug-likeness (QED) is 0.756. The number of ketones is 1. The topological polar surface area (TPSA) is 47.8 Å². The van der Waals surface area contributed by atoms with Crippen molar-refractivity contribution in [3.05, 3.63) is 48.0 Å². The van der Waals surface area contributed by atoms with Crippen LogP contribution in [0.15, 0.2) is 36.7 Å². The van der Waals surface area contributed by atoms with Gasteiger partial charge in [0.25, 0.3) is 0 Å². The monoisotopic (exact) mass is 229 g/mol. The van der Waals surface area contributed by atoms with Crippen LogP contribution in [0.1, 0.15) is 36.1 Å². The first-order chi connectivity index (χ1) is 8.18. The van der Waals surface area contributed by atoms with Gasteiger partial charge < -0.3 is 0 Å². The Morgan fingerprint density at radius 2 is 2.00 bits per heavy atom. The molecule has 2 aromatic rings. The molecule has 17 heavy (non-hydrogen) atoms. The molecule has 0 spiro atoms. The zero-order valence-electron chi connectivity index (χ0n) is 10.00. The van der Waals surface area contributed by atoms with Crippen LogP contribution in [0.25, 0.3) is 0 Å².